The summed E-state index contributed by atoms with van der Waals surface area (Å²) in [6.45, 7) is 7.72. The molecule has 0 unspecified atom stereocenters. The molecule has 5 nitrogen and oxygen atoms in total. The molecular weight excluding hydrogens is 354 g/mol. The van der Waals surface area contributed by atoms with Crippen LogP contribution in [0.5, 0.6) is 0 Å². The van der Waals surface area contributed by atoms with Gasteiger partial charge in [-0.15, -0.1) is 0 Å². The predicted octanol–water partition coefficient (Wildman–Crippen LogP) is 3.67. The molecule has 1 amide bonds. The number of hydrogen-bond donors (Lipinski definition) is 1. The fourth-order valence-electron chi connectivity index (χ4n) is 2.89. The Balaban J connectivity index is 2.31. The van der Waals surface area contributed by atoms with Gasteiger partial charge in [-0.3, -0.25) is 4.79 Å². The summed E-state index contributed by atoms with van der Waals surface area (Å²) in [5.41, 5.74) is -0.116. The van der Waals surface area contributed by atoms with E-state index in [0.29, 0.717) is 17.7 Å². The number of esters is 1. The Morgan fingerprint density at radius 1 is 0.929 bits per heavy atom. The Labute approximate surface area is 167 Å². The van der Waals surface area contributed by atoms with Crippen molar-refractivity contribution in [2.75, 3.05) is 13.2 Å². The molecule has 150 valence electrons. The zero-order valence-electron chi connectivity index (χ0n) is 17.0. The highest BCUT2D eigenvalue weighted by molar-refractivity contribution is 5.88. The standard InChI is InChI=1S/C23H29NO4/c1-5-28-23(19-12-8-6-9-13-19,20-14-10-7-11-15-20)22(26)27-16-21(25)24-18(4)17(2)3/h6-15,17-18H,5,16H2,1-4H3,(H,24,25)/t18-/m1/s1. The van der Waals surface area contributed by atoms with Crippen LogP contribution in [0.3, 0.4) is 0 Å². The Morgan fingerprint density at radius 2 is 1.43 bits per heavy atom. The molecule has 0 saturated carbocycles. The highest BCUT2D eigenvalue weighted by atomic mass is 16.6. The predicted molar refractivity (Wildman–Crippen MR) is 109 cm³/mol. The van der Waals surface area contributed by atoms with Gasteiger partial charge in [-0.1, -0.05) is 74.5 Å². The third kappa shape index (κ3) is 4.98. The molecule has 0 aromatic heterocycles. The van der Waals surface area contributed by atoms with Crippen LogP contribution >= 0.6 is 0 Å². The third-order valence-electron chi connectivity index (χ3n) is 4.73. The summed E-state index contributed by atoms with van der Waals surface area (Å²) in [6, 6.07) is 18.4. The molecule has 0 saturated heterocycles. The second-order valence-electron chi connectivity index (χ2n) is 7.02. The molecule has 0 heterocycles. The normalized spacial score (nSPS) is 12.5. The average molecular weight is 383 g/mol. The molecule has 2 aromatic rings. The van der Waals surface area contributed by atoms with E-state index in [0.717, 1.165) is 0 Å². The van der Waals surface area contributed by atoms with Gasteiger partial charge in [-0.05, 0) is 30.9 Å². The lowest BCUT2D eigenvalue weighted by Gasteiger charge is -2.32. The first kappa shape index (κ1) is 21.6. The van der Waals surface area contributed by atoms with Crippen LogP contribution in [-0.4, -0.2) is 31.1 Å². The first-order chi connectivity index (χ1) is 13.4. The van der Waals surface area contributed by atoms with Gasteiger partial charge in [0.05, 0.1) is 0 Å². The lowest BCUT2D eigenvalue weighted by atomic mass is 9.86. The van der Waals surface area contributed by atoms with Crippen LogP contribution in [0, 0.1) is 5.92 Å². The lowest BCUT2D eigenvalue weighted by Crippen LogP contribution is -2.44. The van der Waals surface area contributed by atoms with Crippen molar-refractivity contribution in [2.24, 2.45) is 5.92 Å². The first-order valence-electron chi connectivity index (χ1n) is 9.63. The quantitative estimate of drug-likeness (QED) is 0.671. The van der Waals surface area contributed by atoms with Crippen LogP contribution in [-0.2, 0) is 24.7 Å². The summed E-state index contributed by atoms with van der Waals surface area (Å²) in [5.74, 6) is -0.657. The number of rotatable bonds is 9. The van der Waals surface area contributed by atoms with Crippen LogP contribution in [0.2, 0.25) is 0 Å². The monoisotopic (exact) mass is 383 g/mol. The third-order valence-corrected chi connectivity index (χ3v) is 4.73. The van der Waals surface area contributed by atoms with Crippen molar-refractivity contribution < 1.29 is 19.1 Å². The minimum Gasteiger partial charge on any atom is -0.453 e. The Morgan fingerprint density at radius 3 is 1.86 bits per heavy atom. The van der Waals surface area contributed by atoms with E-state index in [-0.39, 0.29) is 24.5 Å². The maximum atomic E-state index is 13.3. The fourth-order valence-corrected chi connectivity index (χ4v) is 2.89. The van der Waals surface area contributed by atoms with E-state index in [1.54, 1.807) is 0 Å². The van der Waals surface area contributed by atoms with Crippen LogP contribution < -0.4 is 5.32 Å². The summed E-state index contributed by atoms with van der Waals surface area (Å²) in [7, 11) is 0. The molecule has 0 bridgehead atoms. The van der Waals surface area contributed by atoms with E-state index in [1.165, 1.54) is 0 Å². The summed E-state index contributed by atoms with van der Waals surface area (Å²) in [4.78, 5) is 25.4. The zero-order valence-corrected chi connectivity index (χ0v) is 17.0. The van der Waals surface area contributed by atoms with Gasteiger partial charge in [0.25, 0.3) is 5.91 Å². The molecule has 0 aliphatic heterocycles. The molecule has 0 spiro atoms. The van der Waals surface area contributed by atoms with Crippen molar-refractivity contribution in [1.29, 1.82) is 0 Å². The van der Waals surface area contributed by atoms with E-state index in [4.69, 9.17) is 9.47 Å². The smallest absolute Gasteiger partial charge is 0.348 e. The second kappa shape index (κ2) is 10.0. The van der Waals surface area contributed by atoms with Gasteiger partial charge in [0.2, 0.25) is 5.60 Å². The number of hydrogen-bond acceptors (Lipinski definition) is 4. The van der Waals surface area contributed by atoms with E-state index in [2.05, 4.69) is 5.32 Å². The van der Waals surface area contributed by atoms with Crippen molar-refractivity contribution in [1.82, 2.24) is 5.32 Å². The van der Waals surface area contributed by atoms with E-state index in [1.807, 2.05) is 88.4 Å². The Bertz CT molecular complexity index is 719. The Hall–Kier alpha value is -2.66. The molecule has 0 aliphatic rings. The fraction of sp³-hybridized carbons (Fsp3) is 0.391. The van der Waals surface area contributed by atoms with Crippen LogP contribution in [0.15, 0.2) is 60.7 Å². The van der Waals surface area contributed by atoms with Gasteiger partial charge in [-0.2, -0.15) is 0 Å². The maximum Gasteiger partial charge on any atom is 0.348 e. The van der Waals surface area contributed by atoms with Crippen LogP contribution in [0.25, 0.3) is 0 Å². The molecule has 0 aliphatic carbocycles. The molecule has 0 radical (unpaired) electrons. The van der Waals surface area contributed by atoms with E-state index in [9.17, 15) is 9.59 Å². The van der Waals surface area contributed by atoms with E-state index < -0.39 is 11.6 Å². The maximum absolute atomic E-state index is 13.3. The van der Waals surface area contributed by atoms with Gasteiger partial charge >= 0.3 is 5.97 Å². The first-order valence-corrected chi connectivity index (χ1v) is 9.63. The van der Waals surface area contributed by atoms with Gasteiger partial charge in [0.1, 0.15) is 0 Å². The molecular formula is C23H29NO4. The Kier molecular flexibility index (Phi) is 7.76. The highest BCUT2D eigenvalue weighted by Crippen LogP contribution is 2.35. The SMILES string of the molecule is CCOC(C(=O)OCC(=O)N[C@H](C)C(C)C)(c1ccccc1)c1ccccc1. The number of nitrogens with one attached hydrogen (secondary N) is 1. The summed E-state index contributed by atoms with van der Waals surface area (Å²) in [5, 5.41) is 2.84. The number of carbonyl (C=O) groups excluding carboxylic acids is 2. The average Bonchev–Trinajstić information content (AvgIpc) is 2.71. The lowest BCUT2D eigenvalue weighted by molar-refractivity contribution is -0.170. The van der Waals surface area contributed by atoms with Crippen molar-refractivity contribution in [2.45, 2.75) is 39.3 Å². The van der Waals surface area contributed by atoms with E-state index >= 15 is 0 Å². The highest BCUT2D eigenvalue weighted by Gasteiger charge is 2.45. The molecule has 2 aromatic carbocycles. The van der Waals surface area contributed by atoms with Gasteiger partial charge in [0.15, 0.2) is 6.61 Å². The van der Waals surface area contributed by atoms with Gasteiger partial charge < -0.3 is 14.8 Å². The summed E-state index contributed by atoms with van der Waals surface area (Å²) < 4.78 is 11.4. The molecule has 5 heteroatoms. The topological polar surface area (TPSA) is 64.6 Å². The minimum atomic E-state index is -1.43. The van der Waals surface area contributed by atoms with Crippen molar-refractivity contribution in [3.63, 3.8) is 0 Å². The zero-order chi connectivity index (χ0) is 20.6. The number of amides is 1. The van der Waals surface area contributed by atoms with Crippen molar-refractivity contribution in [3.8, 4) is 0 Å². The van der Waals surface area contributed by atoms with Crippen LogP contribution in [0.1, 0.15) is 38.8 Å². The summed E-state index contributed by atoms with van der Waals surface area (Å²) >= 11 is 0. The number of ether oxygens (including phenoxy) is 2. The number of benzene rings is 2. The molecule has 1 N–H and O–H groups in total. The minimum absolute atomic E-state index is 0.00824. The summed E-state index contributed by atoms with van der Waals surface area (Å²) in [6.07, 6.45) is 0. The van der Waals surface area contributed by atoms with Crippen molar-refractivity contribution >= 4 is 11.9 Å². The molecule has 0 fully saturated rings. The molecule has 1 atom stereocenters. The molecule has 2 rings (SSSR count). The second-order valence-corrected chi connectivity index (χ2v) is 7.02. The van der Waals surface area contributed by atoms with Crippen molar-refractivity contribution in [3.05, 3.63) is 71.8 Å². The van der Waals surface area contributed by atoms with Gasteiger partial charge in [0, 0.05) is 12.6 Å². The molecule has 28 heavy (non-hydrogen) atoms. The number of carbonyl (C=O) groups is 2. The van der Waals surface area contributed by atoms with Crippen LogP contribution in [0.4, 0.5) is 0 Å². The largest absolute Gasteiger partial charge is 0.453 e. The van der Waals surface area contributed by atoms with Gasteiger partial charge in [-0.25, -0.2) is 4.79 Å².